The molecule has 0 saturated carbocycles. The van der Waals surface area contributed by atoms with Crippen LogP contribution in [0.2, 0.25) is 5.15 Å². The van der Waals surface area contributed by atoms with Crippen LogP contribution in [-0.4, -0.2) is 15.5 Å². The number of carbonyl (C=O) groups is 1. The molecule has 1 aromatic carbocycles. The fourth-order valence-electron chi connectivity index (χ4n) is 1.94. The second kappa shape index (κ2) is 4.27. The smallest absolute Gasteiger partial charge is 0.265 e. The van der Waals surface area contributed by atoms with E-state index in [-0.39, 0.29) is 11.1 Å². The Morgan fingerprint density at radius 1 is 1.11 bits per heavy atom. The zero-order valence-corrected chi connectivity index (χ0v) is 10.1. The lowest BCUT2D eigenvalue weighted by Gasteiger charge is -2.05. The molecular formula is C14H9ClN2O. The van der Waals surface area contributed by atoms with Gasteiger partial charge < -0.3 is 0 Å². The molecule has 2 aromatic heterocycles. The molecule has 0 unspecified atom stereocenters. The summed E-state index contributed by atoms with van der Waals surface area (Å²) in [5.74, 6) is -0.172. The standard InChI is InChI=1S/C14H9ClN2O/c15-13-11(5-3-8-16-13)14(18)17-9-7-10-4-1-2-6-12(10)17/h1-9H. The third kappa shape index (κ3) is 1.69. The first-order chi connectivity index (χ1) is 8.77. The Morgan fingerprint density at radius 3 is 2.78 bits per heavy atom. The quantitative estimate of drug-likeness (QED) is 0.626. The number of carbonyl (C=O) groups excluding carboxylic acids is 1. The van der Waals surface area contributed by atoms with Crippen LogP contribution >= 0.6 is 11.6 Å². The maximum Gasteiger partial charge on any atom is 0.265 e. The number of rotatable bonds is 1. The third-order valence-electron chi connectivity index (χ3n) is 2.81. The molecule has 3 aromatic rings. The second-order valence-electron chi connectivity index (χ2n) is 3.89. The van der Waals surface area contributed by atoms with E-state index in [9.17, 15) is 4.79 Å². The first kappa shape index (κ1) is 11.0. The summed E-state index contributed by atoms with van der Waals surface area (Å²) in [5.41, 5.74) is 1.27. The van der Waals surface area contributed by atoms with Gasteiger partial charge in [-0.15, -0.1) is 0 Å². The molecule has 18 heavy (non-hydrogen) atoms. The number of hydrogen-bond donors (Lipinski definition) is 0. The van der Waals surface area contributed by atoms with E-state index in [1.54, 1.807) is 29.1 Å². The van der Waals surface area contributed by atoms with Gasteiger partial charge in [0.1, 0.15) is 5.15 Å². The largest absolute Gasteiger partial charge is 0.283 e. The monoisotopic (exact) mass is 256 g/mol. The molecule has 0 radical (unpaired) electrons. The zero-order valence-electron chi connectivity index (χ0n) is 9.38. The van der Waals surface area contributed by atoms with Crippen molar-refractivity contribution in [1.82, 2.24) is 9.55 Å². The highest BCUT2D eigenvalue weighted by Gasteiger charge is 2.14. The molecule has 0 amide bonds. The van der Waals surface area contributed by atoms with Crippen molar-refractivity contribution in [2.24, 2.45) is 0 Å². The molecule has 0 fully saturated rings. The molecular weight excluding hydrogens is 248 g/mol. The average molecular weight is 257 g/mol. The second-order valence-corrected chi connectivity index (χ2v) is 4.25. The summed E-state index contributed by atoms with van der Waals surface area (Å²) in [6.07, 6.45) is 3.31. The molecule has 0 saturated heterocycles. The fraction of sp³-hybridized carbons (Fsp3) is 0. The molecule has 0 aliphatic carbocycles. The molecule has 0 N–H and O–H groups in total. The van der Waals surface area contributed by atoms with Gasteiger partial charge in [-0.1, -0.05) is 29.8 Å². The van der Waals surface area contributed by atoms with E-state index in [4.69, 9.17) is 11.6 Å². The van der Waals surface area contributed by atoms with Crippen molar-refractivity contribution in [2.45, 2.75) is 0 Å². The van der Waals surface area contributed by atoms with Crippen molar-refractivity contribution < 1.29 is 4.79 Å². The van der Waals surface area contributed by atoms with Crippen LogP contribution < -0.4 is 0 Å². The number of halogens is 1. The predicted octanol–water partition coefficient (Wildman–Crippen LogP) is 3.38. The van der Waals surface area contributed by atoms with E-state index in [0.717, 1.165) is 10.9 Å². The Hall–Kier alpha value is -2.13. The molecule has 4 heteroatoms. The summed E-state index contributed by atoms with van der Waals surface area (Å²) < 4.78 is 1.58. The molecule has 0 atom stereocenters. The lowest BCUT2D eigenvalue weighted by atomic mass is 10.2. The molecule has 0 aliphatic heterocycles. The van der Waals surface area contributed by atoms with Crippen LogP contribution in [0.3, 0.4) is 0 Å². The molecule has 3 nitrogen and oxygen atoms in total. The van der Waals surface area contributed by atoms with Crippen molar-refractivity contribution in [1.29, 1.82) is 0 Å². The van der Waals surface area contributed by atoms with Crippen molar-refractivity contribution in [3.05, 3.63) is 65.6 Å². The minimum absolute atomic E-state index is 0.172. The number of aromatic nitrogens is 2. The fourth-order valence-corrected chi connectivity index (χ4v) is 2.14. The number of para-hydroxylation sites is 1. The van der Waals surface area contributed by atoms with Gasteiger partial charge in [-0.05, 0) is 24.3 Å². The van der Waals surface area contributed by atoms with Crippen LogP contribution in [-0.2, 0) is 0 Å². The van der Waals surface area contributed by atoms with E-state index in [1.807, 2.05) is 30.3 Å². The summed E-state index contributed by atoms with van der Waals surface area (Å²) in [6, 6.07) is 13.0. The lowest BCUT2D eigenvalue weighted by molar-refractivity contribution is 0.0965. The Kier molecular flexibility index (Phi) is 2.61. The Labute approximate surface area is 109 Å². The highest BCUT2D eigenvalue weighted by molar-refractivity contribution is 6.32. The third-order valence-corrected chi connectivity index (χ3v) is 3.11. The summed E-state index contributed by atoms with van der Waals surface area (Å²) in [7, 11) is 0. The normalized spacial score (nSPS) is 10.7. The maximum absolute atomic E-state index is 12.4. The first-order valence-electron chi connectivity index (χ1n) is 5.49. The molecule has 88 valence electrons. The van der Waals surface area contributed by atoms with E-state index in [0.29, 0.717) is 5.56 Å². The minimum atomic E-state index is -0.172. The molecule has 3 rings (SSSR count). The number of pyridine rings is 1. The van der Waals surface area contributed by atoms with Gasteiger partial charge >= 0.3 is 0 Å². The summed E-state index contributed by atoms with van der Waals surface area (Å²) in [5, 5.41) is 1.24. The van der Waals surface area contributed by atoms with Gasteiger partial charge in [0.25, 0.3) is 5.91 Å². The maximum atomic E-state index is 12.4. The van der Waals surface area contributed by atoms with E-state index in [2.05, 4.69) is 4.98 Å². The number of fused-ring (bicyclic) bond motifs is 1. The summed E-state index contributed by atoms with van der Waals surface area (Å²) in [6.45, 7) is 0. The number of nitrogens with zero attached hydrogens (tertiary/aromatic N) is 2. The van der Waals surface area contributed by atoms with Crippen LogP contribution in [0.15, 0.2) is 54.9 Å². The molecule has 0 aliphatic rings. The Morgan fingerprint density at radius 2 is 1.94 bits per heavy atom. The van der Waals surface area contributed by atoms with Gasteiger partial charge in [-0.25, -0.2) is 4.98 Å². The van der Waals surface area contributed by atoms with Crippen molar-refractivity contribution in [3.63, 3.8) is 0 Å². The highest BCUT2D eigenvalue weighted by Crippen LogP contribution is 2.19. The van der Waals surface area contributed by atoms with Crippen molar-refractivity contribution in [3.8, 4) is 0 Å². The molecule has 0 spiro atoms. The SMILES string of the molecule is O=C(c1cccnc1Cl)n1ccc2ccccc21. The Balaban J connectivity index is 2.16. The zero-order chi connectivity index (χ0) is 12.5. The molecule has 2 heterocycles. The summed E-state index contributed by atoms with van der Waals surface area (Å²) >= 11 is 5.94. The van der Waals surface area contributed by atoms with Crippen molar-refractivity contribution in [2.75, 3.05) is 0 Å². The van der Waals surface area contributed by atoms with Crippen LogP contribution in [0.5, 0.6) is 0 Å². The van der Waals surface area contributed by atoms with Gasteiger partial charge in [0.2, 0.25) is 0 Å². The average Bonchev–Trinajstić information content (AvgIpc) is 2.82. The number of benzene rings is 1. The summed E-state index contributed by atoms with van der Waals surface area (Å²) in [4.78, 5) is 16.3. The Bertz CT molecular complexity index is 733. The van der Waals surface area contributed by atoms with Crippen LogP contribution in [0.4, 0.5) is 0 Å². The van der Waals surface area contributed by atoms with E-state index < -0.39 is 0 Å². The lowest BCUT2D eigenvalue weighted by Crippen LogP contribution is -2.11. The van der Waals surface area contributed by atoms with Crippen LogP contribution in [0.25, 0.3) is 10.9 Å². The number of hydrogen-bond acceptors (Lipinski definition) is 2. The van der Waals surface area contributed by atoms with Crippen LogP contribution in [0.1, 0.15) is 10.4 Å². The van der Waals surface area contributed by atoms with Gasteiger partial charge in [0, 0.05) is 17.8 Å². The van der Waals surface area contributed by atoms with Gasteiger partial charge in [0.15, 0.2) is 0 Å². The highest BCUT2D eigenvalue weighted by atomic mass is 35.5. The topological polar surface area (TPSA) is 34.9 Å². The van der Waals surface area contributed by atoms with Gasteiger partial charge in [-0.3, -0.25) is 9.36 Å². The van der Waals surface area contributed by atoms with Crippen LogP contribution in [0, 0.1) is 0 Å². The van der Waals surface area contributed by atoms with Gasteiger partial charge in [-0.2, -0.15) is 0 Å². The predicted molar refractivity (Wildman–Crippen MR) is 70.9 cm³/mol. The van der Waals surface area contributed by atoms with E-state index >= 15 is 0 Å². The van der Waals surface area contributed by atoms with Gasteiger partial charge in [0.05, 0.1) is 11.1 Å². The minimum Gasteiger partial charge on any atom is -0.283 e. The first-order valence-corrected chi connectivity index (χ1v) is 5.86. The van der Waals surface area contributed by atoms with Crippen molar-refractivity contribution >= 4 is 28.4 Å². The van der Waals surface area contributed by atoms with E-state index in [1.165, 1.54) is 0 Å². The molecule has 0 bridgehead atoms.